The number of halogens is 1. The first-order chi connectivity index (χ1) is 9.90. The molecule has 0 aliphatic heterocycles. The summed E-state index contributed by atoms with van der Waals surface area (Å²) in [6.45, 7) is 4.41. The highest BCUT2D eigenvalue weighted by atomic mass is 35.5. The molecule has 1 N–H and O–H groups in total. The molecule has 2 aromatic rings. The monoisotopic (exact) mass is 305 g/mol. The molecule has 0 amide bonds. The molecular weight excluding hydrogens is 290 g/mol. The van der Waals surface area contributed by atoms with Crippen molar-refractivity contribution in [3.8, 4) is 11.3 Å². The maximum atomic E-state index is 12.4. The molecule has 0 radical (unpaired) electrons. The van der Waals surface area contributed by atoms with Crippen molar-refractivity contribution in [2.75, 3.05) is 0 Å². The minimum atomic E-state index is -1.21. The SMILES string of the molecule is CC(C)Cn1c(-c2ccc(Cl)cc2)ccc(C(=O)O)c1=O. The normalized spacial score (nSPS) is 10.9. The van der Waals surface area contributed by atoms with Crippen LogP contribution in [0.2, 0.25) is 5.02 Å². The molecule has 0 bridgehead atoms. The van der Waals surface area contributed by atoms with Gasteiger partial charge < -0.3 is 9.67 Å². The Bertz CT molecular complexity index is 717. The lowest BCUT2D eigenvalue weighted by Gasteiger charge is -2.16. The van der Waals surface area contributed by atoms with Crippen LogP contribution in [0.1, 0.15) is 24.2 Å². The van der Waals surface area contributed by atoms with Gasteiger partial charge in [0.05, 0.1) is 5.69 Å². The number of benzene rings is 1. The predicted octanol–water partition coefficient (Wildman–Crippen LogP) is 3.52. The molecule has 0 atom stereocenters. The van der Waals surface area contributed by atoms with Crippen molar-refractivity contribution in [3.63, 3.8) is 0 Å². The first-order valence-corrected chi connectivity index (χ1v) is 7.01. The first-order valence-electron chi connectivity index (χ1n) is 6.63. The Morgan fingerprint density at radius 3 is 2.33 bits per heavy atom. The standard InChI is InChI=1S/C16H16ClNO3/c1-10(2)9-18-14(11-3-5-12(17)6-4-11)8-7-13(15(18)19)16(20)21/h3-8,10H,9H2,1-2H3,(H,20,21). The Balaban J connectivity index is 2.65. The van der Waals surface area contributed by atoms with Crippen LogP contribution in [-0.2, 0) is 6.54 Å². The Labute approximate surface area is 127 Å². The number of hydrogen-bond acceptors (Lipinski definition) is 2. The zero-order valence-electron chi connectivity index (χ0n) is 11.8. The Morgan fingerprint density at radius 2 is 1.81 bits per heavy atom. The lowest BCUT2D eigenvalue weighted by molar-refractivity contribution is 0.0694. The van der Waals surface area contributed by atoms with Crippen LogP contribution in [0.25, 0.3) is 11.3 Å². The molecule has 21 heavy (non-hydrogen) atoms. The molecule has 1 aromatic carbocycles. The van der Waals surface area contributed by atoms with Crippen LogP contribution in [0.4, 0.5) is 0 Å². The first kappa shape index (κ1) is 15.3. The fourth-order valence-corrected chi connectivity index (χ4v) is 2.29. The Hall–Kier alpha value is -2.07. The predicted molar refractivity (Wildman–Crippen MR) is 82.9 cm³/mol. The largest absolute Gasteiger partial charge is 0.477 e. The van der Waals surface area contributed by atoms with E-state index in [-0.39, 0.29) is 11.5 Å². The van der Waals surface area contributed by atoms with Gasteiger partial charge in [0.1, 0.15) is 5.56 Å². The minimum absolute atomic E-state index is 0.214. The number of carboxylic acid groups (broad SMARTS) is 1. The van der Waals surface area contributed by atoms with Crippen LogP contribution < -0.4 is 5.56 Å². The molecule has 0 aliphatic carbocycles. The van der Waals surface area contributed by atoms with Gasteiger partial charge in [-0.3, -0.25) is 4.79 Å². The number of nitrogens with zero attached hydrogens (tertiary/aromatic N) is 1. The summed E-state index contributed by atoms with van der Waals surface area (Å²) in [5, 5.41) is 9.70. The van der Waals surface area contributed by atoms with E-state index >= 15 is 0 Å². The second-order valence-electron chi connectivity index (χ2n) is 5.25. The van der Waals surface area contributed by atoms with Crippen molar-refractivity contribution in [1.29, 1.82) is 0 Å². The van der Waals surface area contributed by atoms with Gasteiger partial charge in [0, 0.05) is 11.6 Å². The Morgan fingerprint density at radius 1 is 1.19 bits per heavy atom. The van der Waals surface area contributed by atoms with Crippen LogP contribution in [-0.4, -0.2) is 15.6 Å². The summed E-state index contributed by atoms with van der Waals surface area (Å²) in [4.78, 5) is 23.5. The summed E-state index contributed by atoms with van der Waals surface area (Å²) in [6, 6.07) is 10.1. The van der Waals surface area contributed by atoms with E-state index in [2.05, 4.69) is 0 Å². The van der Waals surface area contributed by atoms with E-state index in [4.69, 9.17) is 16.7 Å². The molecule has 5 heteroatoms. The average Bonchev–Trinajstić information content (AvgIpc) is 2.41. The zero-order chi connectivity index (χ0) is 15.6. The molecule has 110 valence electrons. The highest BCUT2D eigenvalue weighted by molar-refractivity contribution is 6.30. The van der Waals surface area contributed by atoms with Crippen molar-refractivity contribution in [2.24, 2.45) is 5.92 Å². The number of hydrogen-bond donors (Lipinski definition) is 1. The van der Waals surface area contributed by atoms with Gasteiger partial charge in [-0.2, -0.15) is 0 Å². The van der Waals surface area contributed by atoms with Crippen LogP contribution >= 0.6 is 11.6 Å². The quantitative estimate of drug-likeness (QED) is 0.940. The second-order valence-corrected chi connectivity index (χ2v) is 5.69. The molecule has 2 rings (SSSR count). The number of pyridine rings is 1. The van der Waals surface area contributed by atoms with E-state index in [0.717, 1.165) is 5.56 Å². The summed E-state index contributed by atoms with van der Waals surface area (Å²) in [6.07, 6.45) is 0. The minimum Gasteiger partial charge on any atom is -0.477 e. The van der Waals surface area contributed by atoms with Crippen LogP contribution in [0.5, 0.6) is 0 Å². The van der Waals surface area contributed by atoms with Gasteiger partial charge in [-0.25, -0.2) is 4.79 Å². The van der Waals surface area contributed by atoms with Gasteiger partial charge >= 0.3 is 5.97 Å². The van der Waals surface area contributed by atoms with Crippen molar-refractivity contribution < 1.29 is 9.90 Å². The summed E-state index contributed by atoms with van der Waals surface area (Å²) in [7, 11) is 0. The molecule has 1 heterocycles. The van der Waals surface area contributed by atoms with Gasteiger partial charge in [0.2, 0.25) is 0 Å². The van der Waals surface area contributed by atoms with E-state index in [1.54, 1.807) is 18.2 Å². The molecule has 0 aliphatic rings. The fourth-order valence-electron chi connectivity index (χ4n) is 2.16. The molecule has 0 spiro atoms. The van der Waals surface area contributed by atoms with Crippen LogP contribution in [0.15, 0.2) is 41.2 Å². The van der Waals surface area contributed by atoms with Gasteiger partial charge in [0.15, 0.2) is 0 Å². The van der Waals surface area contributed by atoms with E-state index in [1.807, 2.05) is 26.0 Å². The summed E-state index contributed by atoms with van der Waals surface area (Å²) >= 11 is 5.88. The molecular formula is C16H16ClNO3. The number of aromatic nitrogens is 1. The van der Waals surface area contributed by atoms with Crippen molar-refractivity contribution >= 4 is 17.6 Å². The second kappa shape index (κ2) is 6.14. The van der Waals surface area contributed by atoms with Crippen molar-refractivity contribution in [1.82, 2.24) is 4.57 Å². The number of carboxylic acids is 1. The highest BCUT2D eigenvalue weighted by Crippen LogP contribution is 2.21. The fraction of sp³-hybridized carbons (Fsp3) is 0.250. The maximum absolute atomic E-state index is 12.4. The van der Waals surface area contributed by atoms with Crippen molar-refractivity contribution in [2.45, 2.75) is 20.4 Å². The maximum Gasteiger partial charge on any atom is 0.341 e. The van der Waals surface area contributed by atoms with Crippen molar-refractivity contribution in [3.05, 3.63) is 57.3 Å². The van der Waals surface area contributed by atoms with Gasteiger partial charge in [-0.15, -0.1) is 0 Å². The molecule has 0 saturated heterocycles. The van der Waals surface area contributed by atoms with E-state index in [1.165, 1.54) is 10.6 Å². The Kier molecular flexibility index (Phi) is 4.48. The van der Waals surface area contributed by atoms with E-state index in [0.29, 0.717) is 17.3 Å². The van der Waals surface area contributed by atoms with Gasteiger partial charge in [-0.05, 0) is 35.7 Å². The third kappa shape index (κ3) is 3.34. The van der Waals surface area contributed by atoms with Gasteiger partial charge in [0.25, 0.3) is 5.56 Å². The average molecular weight is 306 g/mol. The summed E-state index contributed by atoms with van der Waals surface area (Å²) in [5.41, 5.74) is 0.821. The highest BCUT2D eigenvalue weighted by Gasteiger charge is 2.15. The molecule has 0 unspecified atom stereocenters. The van der Waals surface area contributed by atoms with E-state index in [9.17, 15) is 9.59 Å². The molecule has 0 fully saturated rings. The smallest absolute Gasteiger partial charge is 0.341 e. The lowest BCUT2D eigenvalue weighted by atomic mass is 10.1. The molecule has 0 saturated carbocycles. The van der Waals surface area contributed by atoms with Crippen LogP contribution in [0, 0.1) is 5.92 Å². The molecule has 1 aromatic heterocycles. The topological polar surface area (TPSA) is 59.3 Å². The number of carbonyl (C=O) groups is 1. The summed E-state index contributed by atoms with van der Waals surface area (Å²) in [5.74, 6) is -0.988. The molecule has 4 nitrogen and oxygen atoms in total. The zero-order valence-corrected chi connectivity index (χ0v) is 12.6. The third-order valence-electron chi connectivity index (χ3n) is 3.09. The third-order valence-corrected chi connectivity index (χ3v) is 3.34. The number of rotatable bonds is 4. The number of aromatic carboxylic acids is 1. The lowest BCUT2D eigenvalue weighted by Crippen LogP contribution is -2.29. The van der Waals surface area contributed by atoms with E-state index < -0.39 is 11.5 Å². The van der Waals surface area contributed by atoms with Crippen LogP contribution in [0.3, 0.4) is 0 Å². The summed E-state index contributed by atoms with van der Waals surface area (Å²) < 4.78 is 1.51. The van der Waals surface area contributed by atoms with Gasteiger partial charge in [-0.1, -0.05) is 37.6 Å².